The van der Waals surface area contributed by atoms with Gasteiger partial charge in [-0.2, -0.15) is 5.26 Å². The Balaban J connectivity index is 1.92. The molecule has 29 heavy (non-hydrogen) atoms. The Morgan fingerprint density at radius 1 is 1.24 bits per heavy atom. The van der Waals surface area contributed by atoms with E-state index < -0.39 is 10.0 Å². The zero-order chi connectivity index (χ0) is 21.2. The topological polar surface area (TPSA) is 101 Å². The Morgan fingerprint density at radius 3 is 2.62 bits per heavy atom. The fourth-order valence-corrected chi connectivity index (χ4v) is 5.47. The number of hydrogen-bond acceptors (Lipinski definition) is 4. The van der Waals surface area contributed by atoms with Crippen LogP contribution in [0.2, 0.25) is 0 Å². The molecule has 0 saturated carbocycles. The summed E-state index contributed by atoms with van der Waals surface area (Å²) in [4.78, 5) is 0.143. The number of aryl methyl sites for hydroxylation is 2. The molecule has 0 aliphatic carbocycles. The molecule has 1 aromatic heterocycles. The van der Waals surface area contributed by atoms with Crippen LogP contribution >= 0.6 is 0 Å². The van der Waals surface area contributed by atoms with Crippen molar-refractivity contribution in [3.63, 3.8) is 0 Å². The highest BCUT2D eigenvalue weighted by molar-refractivity contribution is 7.89. The molecule has 1 atom stereocenters. The lowest BCUT2D eigenvalue weighted by molar-refractivity contribution is 0.491. The lowest BCUT2D eigenvalue weighted by atomic mass is 10.1. The van der Waals surface area contributed by atoms with Gasteiger partial charge in [-0.05, 0) is 49.1 Å². The minimum Gasteiger partial charge on any atom is -0.398 e. The lowest BCUT2D eigenvalue weighted by Crippen LogP contribution is -2.38. The van der Waals surface area contributed by atoms with Crippen LogP contribution < -0.4 is 10.5 Å². The summed E-state index contributed by atoms with van der Waals surface area (Å²) in [6, 6.07) is 13.2. The van der Waals surface area contributed by atoms with Gasteiger partial charge in [-0.3, -0.25) is 0 Å². The fraction of sp³-hybridized carbons (Fsp3) is 0.318. The van der Waals surface area contributed by atoms with Crippen molar-refractivity contribution in [3.8, 4) is 6.07 Å². The van der Waals surface area contributed by atoms with Crippen LogP contribution in [0.25, 0.3) is 10.9 Å². The van der Waals surface area contributed by atoms with Gasteiger partial charge in [0.15, 0.2) is 0 Å². The number of rotatable bonds is 7. The van der Waals surface area contributed by atoms with E-state index in [0.717, 1.165) is 22.0 Å². The lowest BCUT2D eigenvalue weighted by Gasteiger charge is -2.20. The minimum atomic E-state index is -3.77. The van der Waals surface area contributed by atoms with Crippen molar-refractivity contribution in [2.75, 3.05) is 5.73 Å². The van der Waals surface area contributed by atoms with Gasteiger partial charge < -0.3 is 10.3 Å². The first-order chi connectivity index (χ1) is 13.8. The van der Waals surface area contributed by atoms with E-state index in [9.17, 15) is 8.42 Å². The second kappa shape index (κ2) is 8.27. The second-order valence-electron chi connectivity index (χ2n) is 7.39. The van der Waals surface area contributed by atoms with Crippen LogP contribution in [0, 0.1) is 25.2 Å². The molecule has 1 heterocycles. The Labute approximate surface area is 172 Å². The number of aromatic nitrogens is 1. The Hall–Kier alpha value is -2.82. The molecular weight excluding hydrogens is 384 g/mol. The third-order valence-electron chi connectivity index (χ3n) is 5.09. The molecule has 6 nitrogen and oxygen atoms in total. The third kappa shape index (κ3) is 4.29. The van der Waals surface area contributed by atoms with E-state index in [2.05, 4.69) is 10.8 Å². The molecule has 0 spiro atoms. The second-order valence-corrected chi connectivity index (χ2v) is 9.04. The van der Waals surface area contributed by atoms with Crippen molar-refractivity contribution in [2.24, 2.45) is 0 Å². The zero-order valence-corrected chi connectivity index (χ0v) is 17.8. The predicted molar refractivity (Wildman–Crippen MR) is 116 cm³/mol. The summed E-state index contributed by atoms with van der Waals surface area (Å²) in [5.74, 6) is 0. The number of fused-ring (bicyclic) bond motifs is 1. The molecule has 0 bridgehead atoms. The van der Waals surface area contributed by atoms with Crippen LogP contribution in [0.15, 0.2) is 47.5 Å². The standard InChI is InChI=1S/C22H26N4O2S/c1-4-18(25-29(27,28)22-16(3)11-15(2)12-20(22)24)14-26-13-17(9-10-23)19-7-5-6-8-21(19)26/h5-8,11-13,18,25H,4,9,14,24H2,1-3H3. The predicted octanol–water partition coefficient (Wildman–Crippen LogP) is 3.66. The quantitative estimate of drug-likeness (QED) is 0.580. The highest BCUT2D eigenvalue weighted by atomic mass is 32.2. The summed E-state index contributed by atoms with van der Waals surface area (Å²) in [7, 11) is -3.77. The maximum Gasteiger partial charge on any atom is 0.243 e. The number of nitrogens with zero attached hydrogens (tertiary/aromatic N) is 2. The summed E-state index contributed by atoms with van der Waals surface area (Å²) in [5, 5.41) is 10.1. The van der Waals surface area contributed by atoms with E-state index >= 15 is 0 Å². The van der Waals surface area contributed by atoms with Crippen LogP contribution in [-0.2, 0) is 23.0 Å². The van der Waals surface area contributed by atoms with E-state index in [0.29, 0.717) is 24.9 Å². The Bertz CT molecular complexity index is 1170. The number of nitriles is 1. The highest BCUT2D eigenvalue weighted by Crippen LogP contribution is 2.26. The summed E-state index contributed by atoms with van der Waals surface area (Å²) in [6.45, 7) is 6.05. The van der Waals surface area contributed by atoms with Gasteiger partial charge in [0.2, 0.25) is 10.0 Å². The summed E-state index contributed by atoms with van der Waals surface area (Å²) < 4.78 is 31.0. The summed E-state index contributed by atoms with van der Waals surface area (Å²) in [6.07, 6.45) is 2.87. The molecule has 0 radical (unpaired) electrons. The first-order valence-corrected chi connectivity index (χ1v) is 11.1. The zero-order valence-electron chi connectivity index (χ0n) is 16.9. The van der Waals surface area contributed by atoms with Crippen molar-refractivity contribution in [1.29, 1.82) is 5.26 Å². The molecule has 0 aliphatic heterocycles. The average molecular weight is 411 g/mol. The largest absolute Gasteiger partial charge is 0.398 e. The SMILES string of the molecule is CCC(Cn1cc(CC#N)c2ccccc21)NS(=O)(=O)c1c(C)cc(C)cc1N. The van der Waals surface area contributed by atoms with Gasteiger partial charge in [0.25, 0.3) is 0 Å². The molecular formula is C22H26N4O2S. The number of benzene rings is 2. The van der Waals surface area contributed by atoms with Gasteiger partial charge in [-0.1, -0.05) is 31.2 Å². The Morgan fingerprint density at radius 2 is 1.97 bits per heavy atom. The molecule has 152 valence electrons. The van der Waals surface area contributed by atoms with Crippen LogP contribution in [0.5, 0.6) is 0 Å². The molecule has 0 saturated heterocycles. The van der Waals surface area contributed by atoms with Crippen molar-refractivity contribution in [2.45, 2.75) is 51.1 Å². The monoisotopic (exact) mass is 410 g/mol. The number of nitrogens with one attached hydrogen (secondary N) is 1. The van der Waals surface area contributed by atoms with Crippen LogP contribution in [0.4, 0.5) is 5.69 Å². The number of sulfonamides is 1. The van der Waals surface area contributed by atoms with Crippen molar-refractivity contribution in [1.82, 2.24) is 9.29 Å². The van der Waals surface area contributed by atoms with Gasteiger partial charge in [-0.25, -0.2) is 13.1 Å². The van der Waals surface area contributed by atoms with Gasteiger partial charge in [0, 0.05) is 29.7 Å². The molecule has 2 aromatic carbocycles. The summed E-state index contributed by atoms with van der Waals surface area (Å²) in [5.41, 5.74) is 9.78. The Kier molecular flexibility index (Phi) is 5.96. The van der Waals surface area contributed by atoms with Gasteiger partial charge in [0.05, 0.1) is 18.2 Å². The van der Waals surface area contributed by atoms with Crippen LogP contribution in [0.1, 0.15) is 30.0 Å². The average Bonchev–Trinajstić information content (AvgIpc) is 2.98. The number of nitrogens with two attached hydrogens (primary N) is 1. The maximum absolute atomic E-state index is 13.1. The smallest absolute Gasteiger partial charge is 0.243 e. The van der Waals surface area contributed by atoms with E-state index in [4.69, 9.17) is 11.0 Å². The number of anilines is 1. The molecule has 3 N–H and O–H groups in total. The van der Waals surface area contributed by atoms with E-state index in [1.807, 2.05) is 54.9 Å². The maximum atomic E-state index is 13.1. The third-order valence-corrected chi connectivity index (χ3v) is 6.83. The van der Waals surface area contributed by atoms with Crippen LogP contribution in [0.3, 0.4) is 0 Å². The molecule has 0 aliphatic rings. The van der Waals surface area contributed by atoms with Crippen molar-refractivity contribution in [3.05, 3.63) is 59.3 Å². The fourth-order valence-electron chi connectivity index (χ4n) is 3.82. The first-order valence-electron chi connectivity index (χ1n) is 9.59. The minimum absolute atomic E-state index is 0.143. The van der Waals surface area contributed by atoms with Crippen molar-refractivity contribution < 1.29 is 8.42 Å². The molecule has 3 aromatic rings. The summed E-state index contributed by atoms with van der Waals surface area (Å²) >= 11 is 0. The van der Waals surface area contributed by atoms with Gasteiger partial charge in [0.1, 0.15) is 4.90 Å². The van der Waals surface area contributed by atoms with E-state index in [-0.39, 0.29) is 16.6 Å². The van der Waals surface area contributed by atoms with E-state index in [1.165, 1.54) is 0 Å². The highest BCUT2D eigenvalue weighted by Gasteiger charge is 2.24. The molecule has 1 unspecified atom stereocenters. The van der Waals surface area contributed by atoms with Gasteiger partial charge >= 0.3 is 0 Å². The normalized spacial score (nSPS) is 12.8. The number of hydrogen-bond donors (Lipinski definition) is 2. The molecule has 0 amide bonds. The molecule has 3 rings (SSSR count). The van der Waals surface area contributed by atoms with Crippen LogP contribution in [-0.4, -0.2) is 19.0 Å². The first kappa shape index (κ1) is 20.9. The molecule has 7 heteroatoms. The van der Waals surface area contributed by atoms with Gasteiger partial charge in [-0.15, -0.1) is 0 Å². The van der Waals surface area contributed by atoms with Crippen molar-refractivity contribution >= 4 is 26.6 Å². The number of nitrogen functional groups attached to an aromatic ring is 1. The number of para-hydroxylation sites is 1. The molecule has 0 fully saturated rings. The van der Waals surface area contributed by atoms with E-state index in [1.54, 1.807) is 13.0 Å².